The van der Waals surface area contributed by atoms with Crippen molar-refractivity contribution in [2.75, 3.05) is 17.2 Å². The van der Waals surface area contributed by atoms with Gasteiger partial charge in [0.1, 0.15) is 17.5 Å². The molecule has 2 rings (SSSR count). The molecule has 0 bridgehead atoms. The van der Waals surface area contributed by atoms with Crippen LogP contribution in [0.4, 0.5) is 11.6 Å². The van der Waals surface area contributed by atoms with Crippen molar-refractivity contribution in [1.82, 2.24) is 9.97 Å². The Morgan fingerprint density at radius 2 is 1.84 bits per heavy atom. The van der Waals surface area contributed by atoms with E-state index in [2.05, 4.69) is 50.2 Å². The molecule has 0 radical (unpaired) electrons. The summed E-state index contributed by atoms with van der Waals surface area (Å²) in [6.45, 7) is 11.7. The van der Waals surface area contributed by atoms with Gasteiger partial charge in [0.25, 0.3) is 0 Å². The van der Waals surface area contributed by atoms with Crippen LogP contribution in [0.2, 0.25) is 0 Å². The van der Waals surface area contributed by atoms with E-state index in [0.29, 0.717) is 0 Å². The molecule has 1 aromatic heterocycles. The molecule has 1 aliphatic rings. The lowest BCUT2D eigenvalue weighted by atomic mass is 9.78. The van der Waals surface area contributed by atoms with E-state index >= 15 is 0 Å². The second-order valence-corrected chi connectivity index (χ2v) is 6.78. The summed E-state index contributed by atoms with van der Waals surface area (Å²) >= 11 is 0. The van der Waals surface area contributed by atoms with Gasteiger partial charge in [0.2, 0.25) is 0 Å². The molecule has 106 valence electrons. The van der Waals surface area contributed by atoms with Crippen LogP contribution >= 0.6 is 0 Å². The highest BCUT2D eigenvalue weighted by atomic mass is 15.1. The van der Waals surface area contributed by atoms with E-state index in [1.165, 1.54) is 19.3 Å². The lowest BCUT2D eigenvalue weighted by Gasteiger charge is -2.39. The fourth-order valence-corrected chi connectivity index (χ4v) is 2.26. The van der Waals surface area contributed by atoms with Gasteiger partial charge in [-0.25, -0.2) is 9.97 Å². The molecule has 0 atom stereocenters. The monoisotopic (exact) mass is 262 g/mol. The molecule has 1 aromatic rings. The summed E-state index contributed by atoms with van der Waals surface area (Å²) in [5.74, 6) is 2.74. The van der Waals surface area contributed by atoms with Crippen molar-refractivity contribution in [3.05, 3.63) is 11.9 Å². The van der Waals surface area contributed by atoms with Gasteiger partial charge in [-0.2, -0.15) is 0 Å². The molecule has 2 N–H and O–H groups in total. The zero-order chi connectivity index (χ0) is 14.1. The Kier molecular flexibility index (Phi) is 3.70. The largest absolute Gasteiger partial charge is 0.370 e. The molecule has 0 aliphatic heterocycles. The van der Waals surface area contributed by atoms with E-state index in [9.17, 15) is 0 Å². The van der Waals surface area contributed by atoms with Crippen molar-refractivity contribution in [3.63, 3.8) is 0 Å². The van der Waals surface area contributed by atoms with Gasteiger partial charge >= 0.3 is 0 Å². The third kappa shape index (κ3) is 3.37. The van der Waals surface area contributed by atoms with Gasteiger partial charge in [0.15, 0.2) is 0 Å². The Labute approximate surface area is 116 Å². The molecule has 1 aliphatic carbocycles. The fraction of sp³-hybridized carbons (Fsp3) is 0.733. The number of rotatable bonds is 4. The molecule has 0 aromatic carbocycles. The molecular weight excluding hydrogens is 236 g/mol. The lowest BCUT2D eigenvalue weighted by Crippen LogP contribution is -2.42. The molecule has 1 saturated carbocycles. The molecule has 4 heteroatoms. The van der Waals surface area contributed by atoms with Crippen LogP contribution in [0.3, 0.4) is 0 Å². The molecule has 0 spiro atoms. The number of anilines is 2. The topological polar surface area (TPSA) is 49.8 Å². The summed E-state index contributed by atoms with van der Waals surface area (Å²) in [5, 5.41) is 6.87. The molecule has 0 unspecified atom stereocenters. The number of nitrogens with one attached hydrogen (secondary N) is 2. The Morgan fingerprint density at radius 3 is 2.32 bits per heavy atom. The highest BCUT2D eigenvalue weighted by Gasteiger charge is 2.32. The average Bonchev–Trinajstić information content (AvgIpc) is 2.26. The first-order valence-corrected chi connectivity index (χ1v) is 7.24. The third-order valence-corrected chi connectivity index (χ3v) is 3.64. The predicted molar refractivity (Wildman–Crippen MR) is 80.8 cm³/mol. The molecule has 19 heavy (non-hydrogen) atoms. The van der Waals surface area contributed by atoms with Crippen LogP contribution in [-0.4, -0.2) is 22.1 Å². The first-order chi connectivity index (χ1) is 8.82. The zero-order valence-electron chi connectivity index (χ0n) is 12.8. The number of hydrogen-bond donors (Lipinski definition) is 2. The fourth-order valence-electron chi connectivity index (χ4n) is 2.26. The SMILES string of the molecule is CCNc1cc(NC2(C)CCC2)nc(C(C)(C)C)n1. The quantitative estimate of drug-likeness (QED) is 0.871. The van der Waals surface area contributed by atoms with Gasteiger partial charge in [-0.05, 0) is 33.1 Å². The highest BCUT2D eigenvalue weighted by Crippen LogP contribution is 2.35. The Morgan fingerprint density at radius 1 is 1.21 bits per heavy atom. The summed E-state index contributed by atoms with van der Waals surface area (Å²) in [5.41, 5.74) is 0.176. The van der Waals surface area contributed by atoms with E-state index in [1.807, 2.05) is 6.07 Å². The van der Waals surface area contributed by atoms with Crippen molar-refractivity contribution in [1.29, 1.82) is 0 Å². The smallest absolute Gasteiger partial charge is 0.138 e. The number of aromatic nitrogens is 2. The van der Waals surface area contributed by atoms with Gasteiger partial charge < -0.3 is 10.6 Å². The second-order valence-electron chi connectivity index (χ2n) is 6.78. The summed E-state index contributed by atoms with van der Waals surface area (Å²) < 4.78 is 0. The van der Waals surface area contributed by atoms with Crippen molar-refractivity contribution in [3.8, 4) is 0 Å². The van der Waals surface area contributed by atoms with Gasteiger partial charge in [0, 0.05) is 23.6 Å². The van der Waals surface area contributed by atoms with E-state index in [-0.39, 0.29) is 11.0 Å². The standard InChI is InChI=1S/C15H26N4/c1-6-16-11-10-12(19-15(5)8-7-9-15)18-13(17-11)14(2,3)4/h10H,6-9H2,1-5H3,(H2,16,17,18,19). The Bertz CT molecular complexity index is 444. The van der Waals surface area contributed by atoms with Crippen LogP contribution < -0.4 is 10.6 Å². The summed E-state index contributed by atoms with van der Waals surface area (Å²) in [4.78, 5) is 9.30. The van der Waals surface area contributed by atoms with Crippen LogP contribution in [0.1, 0.15) is 59.7 Å². The number of hydrogen-bond acceptors (Lipinski definition) is 4. The van der Waals surface area contributed by atoms with Crippen LogP contribution in [0, 0.1) is 0 Å². The van der Waals surface area contributed by atoms with Gasteiger partial charge in [-0.3, -0.25) is 0 Å². The average molecular weight is 262 g/mol. The molecule has 0 saturated heterocycles. The first kappa shape index (κ1) is 14.1. The highest BCUT2D eigenvalue weighted by molar-refractivity contribution is 5.49. The third-order valence-electron chi connectivity index (χ3n) is 3.64. The minimum Gasteiger partial charge on any atom is -0.370 e. The van der Waals surface area contributed by atoms with E-state index in [4.69, 9.17) is 4.98 Å². The van der Waals surface area contributed by atoms with Gasteiger partial charge in [-0.15, -0.1) is 0 Å². The maximum absolute atomic E-state index is 4.69. The first-order valence-electron chi connectivity index (χ1n) is 7.24. The van der Waals surface area contributed by atoms with Crippen molar-refractivity contribution in [2.45, 2.75) is 64.8 Å². The van der Waals surface area contributed by atoms with Crippen molar-refractivity contribution < 1.29 is 0 Å². The van der Waals surface area contributed by atoms with Crippen molar-refractivity contribution >= 4 is 11.6 Å². The number of nitrogens with zero attached hydrogens (tertiary/aromatic N) is 2. The van der Waals surface area contributed by atoms with E-state index in [0.717, 1.165) is 24.0 Å². The maximum Gasteiger partial charge on any atom is 0.138 e. The van der Waals surface area contributed by atoms with E-state index < -0.39 is 0 Å². The molecule has 0 amide bonds. The van der Waals surface area contributed by atoms with E-state index in [1.54, 1.807) is 0 Å². The van der Waals surface area contributed by atoms with Crippen LogP contribution in [-0.2, 0) is 5.41 Å². The summed E-state index contributed by atoms with van der Waals surface area (Å²) in [6.07, 6.45) is 3.75. The molecular formula is C15H26N4. The Balaban J connectivity index is 2.28. The lowest BCUT2D eigenvalue weighted by molar-refractivity contribution is 0.305. The van der Waals surface area contributed by atoms with Gasteiger partial charge in [0.05, 0.1) is 0 Å². The van der Waals surface area contributed by atoms with Crippen LogP contribution in [0.5, 0.6) is 0 Å². The summed E-state index contributed by atoms with van der Waals surface area (Å²) in [7, 11) is 0. The summed E-state index contributed by atoms with van der Waals surface area (Å²) in [6, 6.07) is 2.02. The normalized spacial score (nSPS) is 17.7. The molecule has 1 fully saturated rings. The molecule has 1 heterocycles. The zero-order valence-corrected chi connectivity index (χ0v) is 12.8. The van der Waals surface area contributed by atoms with Crippen molar-refractivity contribution in [2.24, 2.45) is 0 Å². The minimum atomic E-state index is -0.0393. The minimum absolute atomic E-state index is 0.0393. The second kappa shape index (κ2) is 4.99. The maximum atomic E-state index is 4.69. The Hall–Kier alpha value is -1.32. The molecule has 4 nitrogen and oxygen atoms in total. The van der Waals surface area contributed by atoms with Crippen LogP contribution in [0.15, 0.2) is 6.07 Å². The van der Waals surface area contributed by atoms with Gasteiger partial charge in [-0.1, -0.05) is 20.8 Å². The van der Waals surface area contributed by atoms with Crippen LogP contribution in [0.25, 0.3) is 0 Å². The predicted octanol–water partition coefficient (Wildman–Crippen LogP) is 3.56.